The van der Waals surface area contributed by atoms with Crippen LogP contribution in [0.2, 0.25) is 0 Å². The Balaban J connectivity index is 3.52. The molecule has 0 aromatic rings. The van der Waals surface area contributed by atoms with Crippen molar-refractivity contribution in [3.63, 3.8) is 0 Å². The van der Waals surface area contributed by atoms with Crippen LogP contribution in [0.15, 0.2) is 24.3 Å². The van der Waals surface area contributed by atoms with Crippen LogP contribution < -0.4 is 5.32 Å². The van der Waals surface area contributed by atoms with Crippen molar-refractivity contribution >= 4 is 11.9 Å². The SMILES string of the molecule is CCOC(=O)/C=C/CNC/C=C/C(=O)OCC. The summed E-state index contributed by atoms with van der Waals surface area (Å²) in [4.78, 5) is 21.8. The molecule has 0 aliphatic carbocycles. The number of carbonyl (C=O) groups excluding carboxylic acids is 2. The fourth-order valence-electron chi connectivity index (χ4n) is 0.941. The number of ether oxygens (including phenoxy) is 2. The Hall–Kier alpha value is -1.62. The van der Waals surface area contributed by atoms with Gasteiger partial charge in [-0.25, -0.2) is 9.59 Å². The van der Waals surface area contributed by atoms with E-state index in [-0.39, 0.29) is 11.9 Å². The summed E-state index contributed by atoms with van der Waals surface area (Å²) in [6.45, 7) is 5.32. The van der Waals surface area contributed by atoms with Gasteiger partial charge in [0.1, 0.15) is 0 Å². The molecule has 0 fully saturated rings. The Morgan fingerprint density at radius 1 is 0.941 bits per heavy atom. The van der Waals surface area contributed by atoms with Gasteiger partial charge in [-0.15, -0.1) is 0 Å². The predicted octanol–water partition coefficient (Wildman–Crippen LogP) is 0.815. The Morgan fingerprint density at radius 3 is 1.71 bits per heavy atom. The van der Waals surface area contributed by atoms with E-state index in [2.05, 4.69) is 5.32 Å². The molecular formula is C12H19NO4. The van der Waals surface area contributed by atoms with E-state index in [0.717, 1.165) is 0 Å². The van der Waals surface area contributed by atoms with Crippen molar-refractivity contribution < 1.29 is 19.1 Å². The molecule has 0 heterocycles. The third-order valence-corrected chi connectivity index (χ3v) is 1.61. The predicted molar refractivity (Wildman–Crippen MR) is 64.4 cm³/mol. The van der Waals surface area contributed by atoms with Crippen molar-refractivity contribution in [3.05, 3.63) is 24.3 Å². The maximum atomic E-state index is 10.9. The van der Waals surface area contributed by atoms with E-state index in [9.17, 15) is 9.59 Å². The van der Waals surface area contributed by atoms with Gasteiger partial charge in [0, 0.05) is 25.2 Å². The van der Waals surface area contributed by atoms with Crippen molar-refractivity contribution in [1.29, 1.82) is 0 Å². The number of hydrogen-bond donors (Lipinski definition) is 1. The summed E-state index contributed by atoms with van der Waals surface area (Å²) in [5, 5.41) is 2.99. The van der Waals surface area contributed by atoms with Crippen molar-refractivity contribution in [1.82, 2.24) is 5.32 Å². The van der Waals surface area contributed by atoms with E-state index in [1.165, 1.54) is 12.2 Å². The minimum atomic E-state index is -0.351. The van der Waals surface area contributed by atoms with Crippen LogP contribution >= 0.6 is 0 Å². The van der Waals surface area contributed by atoms with E-state index < -0.39 is 0 Å². The quantitative estimate of drug-likeness (QED) is 0.387. The molecule has 5 heteroatoms. The summed E-state index contributed by atoms with van der Waals surface area (Å²) >= 11 is 0. The van der Waals surface area contributed by atoms with Gasteiger partial charge in [-0.05, 0) is 13.8 Å². The largest absolute Gasteiger partial charge is 0.463 e. The normalized spacial score (nSPS) is 10.9. The second-order valence-electron chi connectivity index (χ2n) is 2.97. The molecule has 0 aliphatic rings. The zero-order chi connectivity index (χ0) is 12.9. The van der Waals surface area contributed by atoms with E-state index in [1.54, 1.807) is 26.0 Å². The highest BCUT2D eigenvalue weighted by atomic mass is 16.5. The molecule has 0 atom stereocenters. The van der Waals surface area contributed by atoms with E-state index in [0.29, 0.717) is 26.3 Å². The minimum Gasteiger partial charge on any atom is -0.463 e. The molecule has 0 rings (SSSR count). The molecule has 0 radical (unpaired) electrons. The third kappa shape index (κ3) is 10.7. The number of hydrogen-bond acceptors (Lipinski definition) is 5. The zero-order valence-corrected chi connectivity index (χ0v) is 10.3. The molecule has 0 amide bonds. The van der Waals surface area contributed by atoms with Crippen LogP contribution in [0.4, 0.5) is 0 Å². The lowest BCUT2D eigenvalue weighted by Gasteiger charge is -1.97. The van der Waals surface area contributed by atoms with Crippen molar-refractivity contribution in [2.24, 2.45) is 0 Å². The first-order valence-corrected chi connectivity index (χ1v) is 5.58. The molecule has 0 spiro atoms. The highest BCUT2D eigenvalue weighted by molar-refractivity contribution is 5.82. The van der Waals surface area contributed by atoms with Gasteiger partial charge in [0.15, 0.2) is 0 Å². The standard InChI is InChI=1S/C12H19NO4/c1-3-16-11(14)7-5-9-13-10-6-8-12(15)17-4-2/h5-8,13H,3-4,9-10H2,1-2H3/b7-5+,8-6+. The fraction of sp³-hybridized carbons (Fsp3) is 0.500. The summed E-state index contributed by atoms with van der Waals surface area (Å²) in [5.74, 6) is -0.701. The van der Waals surface area contributed by atoms with Crippen LogP contribution in [-0.4, -0.2) is 38.2 Å². The van der Waals surface area contributed by atoms with Gasteiger partial charge >= 0.3 is 11.9 Å². The van der Waals surface area contributed by atoms with Crippen LogP contribution in [0.3, 0.4) is 0 Å². The summed E-state index contributed by atoms with van der Waals surface area (Å²) < 4.78 is 9.40. The Bertz CT molecular complexity index is 256. The summed E-state index contributed by atoms with van der Waals surface area (Å²) in [7, 11) is 0. The number of carbonyl (C=O) groups is 2. The van der Waals surface area contributed by atoms with Gasteiger partial charge in [0.2, 0.25) is 0 Å². The molecular weight excluding hydrogens is 222 g/mol. The Labute approximate surface area is 101 Å². The van der Waals surface area contributed by atoms with E-state index in [4.69, 9.17) is 9.47 Å². The van der Waals surface area contributed by atoms with Crippen LogP contribution in [0.25, 0.3) is 0 Å². The number of nitrogens with one attached hydrogen (secondary N) is 1. The van der Waals surface area contributed by atoms with E-state index in [1.807, 2.05) is 0 Å². The van der Waals surface area contributed by atoms with Crippen LogP contribution in [-0.2, 0) is 19.1 Å². The van der Waals surface area contributed by atoms with Crippen molar-refractivity contribution in [2.75, 3.05) is 26.3 Å². The lowest BCUT2D eigenvalue weighted by atomic mass is 10.4. The first-order valence-electron chi connectivity index (χ1n) is 5.58. The smallest absolute Gasteiger partial charge is 0.330 e. The van der Waals surface area contributed by atoms with Gasteiger partial charge in [-0.3, -0.25) is 0 Å². The lowest BCUT2D eigenvalue weighted by Crippen LogP contribution is -2.14. The van der Waals surface area contributed by atoms with Crippen LogP contribution in [0.5, 0.6) is 0 Å². The molecule has 0 saturated carbocycles. The van der Waals surface area contributed by atoms with Crippen molar-refractivity contribution in [3.8, 4) is 0 Å². The average Bonchev–Trinajstić information content (AvgIpc) is 2.28. The molecule has 0 bridgehead atoms. The Morgan fingerprint density at radius 2 is 1.35 bits per heavy atom. The summed E-state index contributed by atoms with van der Waals surface area (Å²) in [6, 6.07) is 0. The first-order chi connectivity index (χ1) is 8.20. The molecule has 5 nitrogen and oxygen atoms in total. The van der Waals surface area contributed by atoms with Crippen molar-refractivity contribution in [2.45, 2.75) is 13.8 Å². The maximum absolute atomic E-state index is 10.9. The average molecular weight is 241 g/mol. The van der Waals surface area contributed by atoms with E-state index >= 15 is 0 Å². The third-order valence-electron chi connectivity index (χ3n) is 1.61. The highest BCUT2D eigenvalue weighted by Crippen LogP contribution is 1.82. The molecule has 0 saturated heterocycles. The maximum Gasteiger partial charge on any atom is 0.330 e. The van der Waals surface area contributed by atoms with Gasteiger partial charge < -0.3 is 14.8 Å². The molecule has 0 aliphatic heterocycles. The second-order valence-corrected chi connectivity index (χ2v) is 2.97. The van der Waals surface area contributed by atoms with Gasteiger partial charge in [-0.2, -0.15) is 0 Å². The number of esters is 2. The molecule has 17 heavy (non-hydrogen) atoms. The molecule has 0 aromatic heterocycles. The van der Waals surface area contributed by atoms with Crippen LogP contribution in [0.1, 0.15) is 13.8 Å². The summed E-state index contributed by atoms with van der Waals surface area (Å²) in [6.07, 6.45) is 6.06. The molecule has 0 aromatic carbocycles. The summed E-state index contributed by atoms with van der Waals surface area (Å²) in [5.41, 5.74) is 0. The molecule has 1 N–H and O–H groups in total. The lowest BCUT2D eigenvalue weighted by molar-refractivity contribution is -0.138. The highest BCUT2D eigenvalue weighted by Gasteiger charge is 1.92. The topological polar surface area (TPSA) is 64.6 Å². The van der Waals surface area contributed by atoms with Gasteiger partial charge in [0.25, 0.3) is 0 Å². The molecule has 0 unspecified atom stereocenters. The van der Waals surface area contributed by atoms with Gasteiger partial charge in [0.05, 0.1) is 13.2 Å². The van der Waals surface area contributed by atoms with Crippen LogP contribution in [0, 0.1) is 0 Å². The minimum absolute atomic E-state index is 0.351. The fourth-order valence-corrected chi connectivity index (χ4v) is 0.941. The monoisotopic (exact) mass is 241 g/mol. The Kier molecular flexibility index (Phi) is 9.85. The van der Waals surface area contributed by atoms with Gasteiger partial charge in [-0.1, -0.05) is 12.2 Å². The molecule has 96 valence electrons. The second kappa shape index (κ2) is 10.9. The first kappa shape index (κ1) is 15.4. The number of rotatable bonds is 8. The zero-order valence-electron chi connectivity index (χ0n) is 10.3.